The van der Waals surface area contributed by atoms with Gasteiger partial charge in [-0.1, -0.05) is 12.1 Å². The average molecular weight is 286 g/mol. The van der Waals surface area contributed by atoms with E-state index in [-0.39, 0.29) is 10.6 Å². The molecule has 0 amide bonds. The van der Waals surface area contributed by atoms with Crippen molar-refractivity contribution in [2.45, 2.75) is 0 Å². The Hall–Kier alpha value is -2.34. The van der Waals surface area contributed by atoms with Gasteiger partial charge in [0, 0.05) is 12.1 Å². The summed E-state index contributed by atoms with van der Waals surface area (Å²) >= 11 is 1.41. The molecule has 1 aromatic rings. The number of para-hydroxylation sites is 1. The molecule has 0 saturated carbocycles. The van der Waals surface area contributed by atoms with Gasteiger partial charge in [-0.05, 0) is 12.1 Å². The molecular weight excluding hydrogens is 274 g/mol. The predicted octanol–water partition coefficient (Wildman–Crippen LogP) is 2.34. The number of hydrogen-bond acceptors (Lipinski definition) is 4. The third kappa shape index (κ3) is 1.94. The Morgan fingerprint density at radius 2 is 1.90 bits per heavy atom. The van der Waals surface area contributed by atoms with Crippen molar-refractivity contribution in [1.29, 1.82) is 0 Å². The Kier molecular flexibility index (Phi) is 2.94. The second kappa shape index (κ2) is 4.64. The zero-order chi connectivity index (χ0) is 14.3. The number of non-ortho nitro benzene ring substituents is 1. The van der Waals surface area contributed by atoms with Crippen molar-refractivity contribution in [3.63, 3.8) is 0 Å². The number of hydrogen-bond donors (Lipinski definition) is 0. The molecule has 0 unspecified atom stereocenters. The number of fused-ring (bicyclic) bond motifs is 2. The summed E-state index contributed by atoms with van der Waals surface area (Å²) in [5, 5.41) is 12.1. The highest BCUT2D eigenvalue weighted by Crippen LogP contribution is 2.33. The predicted molar refractivity (Wildman–Crippen MR) is 80.0 cm³/mol. The fraction of sp³-hybridized carbons (Fsp3) is 0.143. The molecule has 0 radical (unpaired) electrons. The minimum atomic E-state index is -0.359. The maximum absolute atomic E-state index is 11.1. The topological polar surface area (TPSA) is 59.0 Å². The van der Waals surface area contributed by atoms with Crippen LogP contribution in [0.4, 0.5) is 5.69 Å². The van der Waals surface area contributed by atoms with Crippen LogP contribution in [0.2, 0.25) is 0 Å². The first-order valence-electron chi connectivity index (χ1n) is 6.05. The SMILES string of the molecule is C[N+](C)=c1cccc2sc3c([N+](=O)[O-])cccc3nc1-2. The summed E-state index contributed by atoms with van der Waals surface area (Å²) in [7, 11) is 3.91. The van der Waals surface area contributed by atoms with Crippen LogP contribution >= 0.6 is 11.3 Å². The van der Waals surface area contributed by atoms with E-state index < -0.39 is 0 Å². The zero-order valence-electron chi connectivity index (χ0n) is 11.0. The van der Waals surface area contributed by atoms with Gasteiger partial charge in [-0.25, -0.2) is 9.56 Å². The van der Waals surface area contributed by atoms with Crippen LogP contribution in [0.1, 0.15) is 0 Å². The molecule has 0 atom stereocenters. The maximum Gasteiger partial charge on any atom is 0.288 e. The van der Waals surface area contributed by atoms with Crippen molar-refractivity contribution >= 4 is 27.2 Å². The van der Waals surface area contributed by atoms with E-state index >= 15 is 0 Å². The van der Waals surface area contributed by atoms with Crippen LogP contribution in [-0.2, 0) is 0 Å². The molecule has 20 heavy (non-hydrogen) atoms. The van der Waals surface area contributed by atoms with E-state index in [0.29, 0.717) is 10.2 Å². The molecule has 1 aromatic carbocycles. The van der Waals surface area contributed by atoms with Gasteiger partial charge in [0.05, 0.1) is 15.3 Å². The monoisotopic (exact) mass is 286 g/mol. The van der Waals surface area contributed by atoms with Crippen molar-refractivity contribution in [3.05, 3.63) is 51.9 Å². The van der Waals surface area contributed by atoms with Gasteiger partial charge in [0.15, 0.2) is 5.69 Å². The zero-order valence-corrected chi connectivity index (χ0v) is 11.8. The Labute approximate surface area is 119 Å². The third-order valence-corrected chi connectivity index (χ3v) is 4.25. The number of aromatic nitrogens is 1. The molecule has 0 saturated heterocycles. The lowest BCUT2D eigenvalue weighted by Gasteiger charge is -2.05. The molecule has 6 heteroatoms. The van der Waals surface area contributed by atoms with E-state index in [2.05, 4.69) is 4.98 Å². The van der Waals surface area contributed by atoms with Gasteiger partial charge in [0.2, 0.25) is 5.36 Å². The molecule has 2 aliphatic rings. The highest BCUT2D eigenvalue weighted by Gasteiger charge is 2.18. The van der Waals surface area contributed by atoms with Crippen LogP contribution in [0.5, 0.6) is 0 Å². The van der Waals surface area contributed by atoms with E-state index in [1.807, 2.05) is 42.9 Å². The number of nitro benzene ring substituents is 1. The van der Waals surface area contributed by atoms with Crippen molar-refractivity contribution in [2.75, 3.05) is 14.1 Å². The van der Waals surface area contributed by atoms with Gasteiger partial charge < -0.3 is 0 Å². The smallest absolute Gasteiger partial charge is 0.258 e. The minimum absolute atomic E-state index is 0.108. The van der Waals surface area contributed by atoms with Crippen LogP contribution in [0.25, 0.3) is 20.8 Å². The maximum atomic E-state index is 11.1. The fourth-order valence-corrected chi connectivity index (χ4v) is 3.22. The van der Waals surface area contributed by atoms with Gasteiger partial charge >= 0.3 is 0 Å². The van der Waals surface area contributed by atoms with E-state index in [1.165, 1.54) is 17.4 Å². The lowest BCUT2D eigenvalue weighted by Crippen LogP contribution is -2.24. The summed E-state index contributed by atoms with van der Waals surface area (Å²) in [6.07, 6.45) is 0. The normalized spacial score (nSPS) is 10.9. The third-order valence-electron chi connectivity index (χ3n) is 3.07. The quantitative estimate of drug-likeness (QED) is 0.298. The van der Waals surface area contributed by atoms with E-state index in [4.69, 9.17) is 0 Å². The van der Waals surface area contributed by atoms with Crippen molar-refractivity contribution in [1.82, 2.24) is 9.56 Å². The first-order valence-corrected chi connectivity index (χ1v) is 6.87. The Morgan fingerprint density at radius 1 is 1.15 bits per heavy atom. The molecule has 1 aliphatic carbocycles. The molecule has 1 heterocycles. The second-order valence-corrected chi connectivity index (χ2v) is 5.67. The number of rotatable bonds is 1. The minimum Gasteiger partial charge on any atom is -0.258 e. The molecule has 0 N–H and O–H groups in total. The van der Waals surface area contributed by atoms with Crippen LogP contribution in [0.3, 0.4) is 0 Å². The van der Waals surface area contributed by atoms with Gasteiger partial charge in [-0.3, -0.25) is 10.1 Å². The summed E-state index contributed by atoms with van der Waals surface area (Å²) in [5.41, 5.74) is 1.64. The summed E-state index contributed by atoms with van der Waals surface area (Å²) in [5.74, 6) is 0. The highest BCUT2D eigenvalue weighted by atomic mass is 32.1. The Bertz CT molecular complexity index is 866. The van der Waals surface area contributed by atoms with Crippen molar-refractivity contribution < 1.29 is 4.92 Å². The summed E-state index contributed by atoms with van der Waals surface area (Å²) in [4.78, 5) is 16.3. The number of benzene rings is 2. The summed E-state index contributed by atoms with van der Waals surface area (Å²) in [6.45, 7) is 0. The van der Waals surface area contributed by atoms with Crippen molar-refractivity contribution in [3.8, 4) is 10.6 Å². The molecule has 0 aromatic heterocycles. The lowest BCUT2D eigenvalue weighted by atomic mass is 10.2. The molecule has 1 aliphatic heterocycles. The molecular formula is C14H12N3O2S+. The summed E-state index contributed by atoms with van der Waals surface area (Å²) in [6, 6.07) is 10.9. The molecule has 5 nitrogen and oxygen atoms in total. The molecule has 0 fully saturated rings. The largest absolute Gasteiger partial charge is 0.288 e. The van der Waals surface area contributed by atoms with E-state index in [0.717, 1.165) is 15.9 Å². The van der Waals surface area contributed by atoms with E-state index in [1.54, 1.807) is 6.07 Å². The standard InChI is InChI=1S/C14H12N3O2S/c1-16(2)10-6-4-8-12-13(10)15-9-5-3-7-11(17(18)19)14(9)20-12/h3-8H,1-2H3/q+1. The van der Waals surface area contributed by atoms with Crippen LogP contribution in [0.15, 0.2) is 36.4 Å². The Morgan fingerprint density at radius 3 is 2.60 bits per heavy atom. The number of nitro groups is 1. The fourth-order valence-electron chi connectivity index (χ4n) is 2.15. The first kappa shape index (κ1) is 12.7. The lowest BCUT2D eigenvalue weighted by molar-refractivity contribution is -0.382. The molecule has 3 rings (SSSR count). The van der Waals surface area contributed by atoms with Gasteiger partial charge in [-0.2, -0.15) is 0 Å². The summed E-state index contributed by atoms with van der Waals surface area (Å²) < 4.78 is 2.60. The van der Waals surface area contributed by atoms with Gasteiger partial charge in [0.25, 0.3) is 5.69 Å². The molecule has 0 bridgehead atoms. The van der Waals surface area contributed by atoms with Gasteiger partial charge in [-0.15, -0.1) is 11.3 Å². The first-order chi connectivity index (χ1) is 9.58. The molecule has 100 valence electrons. The molecule has 0 spiro atoms. The van der Waals surface area contributed by atoms with Gasteiger partial charge in [0.1, 0.15) is 18.8 Å². The van der Waals surface area contributed by atoms with Crippen LogP contribution in [0, 0.1) is 10.1 Å². The highest BCUT2D eigenvalue weighted by molar-refractivity contribution is 7.22. The number of nitrogens with zero attached hydrogens (tertiary/aromatic N) is 3. The van der Waals surface area contributed by atoms with Crippen LogP contribution < -0.4 is 9.93 Å². The van der Waals surface area contributed by atoms with Crippen LogP contribution in [-0.4, -0.2) is 24.0 Å². The van der Waals surface area contributed by atoms with Crippen molar-refractivity contribution in [2.24, 2.45) is 0 Å². The Balaban J connectivity index is 2.50. The van der Waals surface area contributed by atoms with E-state index in [9.17, 15) is 10.1 Å². The average Bonchev–Trinajstić information content (AvgIpc) is 2.43. The second-order valence-electron chi connectivity index (χ2n) is 4.61.